The van der Waals surface area contributed by atoms with Gasteiger partial charge in [-0.25, -0.2) is 4.79 Å². The van der Waals surface area contributed by atoms with Gasteiger partial charge in [-0.2, -0.15) is 0 Å². The van der Waals surface area contributed by atoms with Crippen LogP contribution in [-0.2, 0) is 36.7 Å². The fraction of sp³-hybridized carbons (Fsp3) is 0.222. The van der Waals surface area contributed by atoms with Gasteiger partial charge in [0.25, 0.3) is 5.91 Å². The predicted molar refractivity (Wildman–Crippen MR) is 139 cm³/mol. The highest BCUT2D eigenvalue weighted by molar-refractivity contribution is 7.92. The van der Waals surface area contributed by atoms with Gasteiger partial charge in [0.15, 0.2) is 12.1 Å². The third-order valence-electron chi connectivity index (χ3n) is 6.25. The maximum Gasteiger partial charge on any atom is 0.356 e. The number of esters is 1. The zero-order valence-electron chi connectivity index (χ0n) is 19.6. The summed E-state index contributed by atoms with van der Waals surface area (Å²) in [5, 5.41) is 13.6. The van der Waals surface area contributed by atoms with Crippen LogP contribution in [0.4, 0.5) is 0 Å². The van der Waals surface area contributed by atoms with E-state index >= 15 is 0 Å². The van der Waals surface area contributed by atoms with Gasteiger partial charge in [-0.05, 0) is 33.7 Å². The smallest absolute Gasteiger partial charge is 0.356 e. The van der Waals surface area contributed by atoms with Crippen LogP contribution in [0.5, 0.6) is 0 Å². The van der Waals surface area contributed by atoms with E-state index in [1.807, 2.05) is 78.2 Å². The van der Waals surface area contributed by atoms with Crippen molar-refractivity contribution < 1.29 is 28.8 Å². The van der Waals surface area contributed by atoms with Gasteiger partial charge in [0, 0.05) is 10.5 Å². The minimum Gasteiger partial charge on any atom is -0.614 e. The summed E-state index contributed by atoms with van der Waals surface area (Å²) in [5.74, 6) is -1.84. The highest BCUT2D eigenvalue weighted by Gasteiger charge is 2.61. The number of fused-ring (bicyclic) bond motifs is 1. The molecule has 0 spiro atoms. The number of aliphatic hydroxyl groups excluding tert-OH is 1. The first-order chi connectivity index (χ1) is 18.0. The Morgan fingerprint density at radius 3 is 2.30 bits per heavy atom. The van der Waals surface area contributed by atoms with E-state index < -0.39 is 47.2 Å². The highest BCUT2D eigenvalue weighted by atomic mass is 32.2. The summed E-state index contributed by atoms with van der Waals surface area (Å²) in [7, 11) is 0. The van der Waals surface area contributed by atoms with E-state index in [0.717, 1.165) is 20.9 Å². The number of β-lactam (4-membered cyclic amide) rings is 1. The summed E-state index contributed by atoms with van der Waals surface area (Å²) in [4.78, 5) is 41.1. The van der Waals surface area contributed by atoms with Crippen LogP contribution in [0.1, 0.15) is 22.1 Å². The first kappa shape index (κ1) is 25.2. The predicted octanol–water partition coefficient (Wildman–Crippen LogP) is 2.29. The number of ether oxygens (including phenoxy) is 1. The Morgan fingerprint density at radius 2 is 1.73 bits per heavy atom. The summed E-state index contributed by atoms with van der Waals surface area (Å²) in [6.07, 6.45) is -0.658. The Balaban J connectivity index is 1.39. The van der Waals surface area contributed by atoms with E-state index in [1.54, 1.807) is 0 Å². The summed E-state index contributed by atoms with van der Waals surface area (Å²) in [6, 6.07) is 21.0. The molecule has 2 aromatic carbocycles. The van der Waals surface area contributed by atoms with Gasteiger partial charge in [-0.1, -0.05) is 66.7 Å². The Morgan fingerprint density at radius 1 is 1.08 bits per heavy atom. The van der Waals surface area contributed by atoms with Gasteiger partial charge < -0.3 is 19.7 Å². The first-order valence-corrected chi connectivity index (χ1v) is 13.9. The first-order valence-electron chi connectivity index (χ1n) is 11.6. The molecule has 5 rings (SSSR count). The van der Waals surface area contributed by atoms with Crippen molar-refractivity contribution in [3.05, 3.63) is 105 Å². The van der Waals surface area contributed by atoms with Crippen molar-refractivity contribution in [1.82, 2.24) is 10.2 Å². The number of hydrogen-bond donors (Lipinski definition) is 2. The Labute approximate surface area is 220 Å². The molecule has 1 fully saturated rings. The van der Waals surface area contributed by atoms with E-state index in [9.17, 15) is 24.0 Å². The number of nitrogens with zero attached hydrogens (tertiary/aromatic N) is 1. The number of thiophene rings is 1. The maximum absolute atomic E-state index is 13.5. The monoisotopic (exact) mass is 536 g/mol. The van der Waals surface area contributed by atoms with Crippen molar-refractivity contribution in [2.24, 2.45) is 0 Å². The van der Waals surface area contributed by atoms with Gasteiger partial charge in [0.05, 0.1) is 13.0 Å². The number of aliphatic hydroxyl groups is 1. The Bertz CT molecular complexity index is 1270. The molecule has 0 aliphatic carbocycles. The Kier molecular flexibility index (Phi) is 7.43. The number of amides is 2. The number of carbonyl (C=O) groups excluding carboxylic acids is 3. The summed E-state index contributed by atoms with van der Waals surface area (Å²) < 4.78 is 18.9. The number of benzene rings is 2. The van der Waals surface area contributed by atoms with Crippen LogP contribution in [-0.4, -0.2) is 56.1 Å². The quantitative estimate of drug-likeness (QED) is 0.259. The van der Waals surface area contributed by atoms with E-state index in [4.69, 9.17) is 4.74 Å². The minimum atomic E-state index is -1.62. The molecule has 2 amide bonds. The van der Waals surface area contributed by atoms with Crippen LogP contribution in [0.3, 0.4) is 0 Å². The lowest BCUT2D eigenvalue weighted by atomic mass is 10.0. The molecule has 2 aliphatic heterocycles. The standard InChI is InChI=1S/C27H24N2O6S2/c30-15-19-16-37(34)26-22(28-21(31)14-20-12-7-13-36-20)25(32)29(26)23(19)27(33)35-24(17-8-3-1-4-9-17)18-10-5-2-6-11-18/h1-13,22,24,26,30H,14-16H2,(H,28,31)/t22?,26-,37?/m0/s1. The fourth-order valence-corrected chi connectivity index (χ4v) is 6.88. The van der Waals surface area contributed by atoms with Gasteiger partial charge in [-0.15, -0.1) is 11.3 Å². The molecule has 2 N–H and O–H groups in total. The molecular weight excluding hydrogens is 512 g/mol. The molecule has 0 bridgehead atoms. The summed E-state index contributed by atoms with van der Waals surface area (Å²) >= 11 is -0.194. The normalized spacial score (nSPS) is 20.9. The topological polar surface area (TPSA) is 119 Å². The fourth-order valence-electron chi connectivity index (χ4n) is 4.51. The van der Waals surface area contributed by atoms with Gasteiger partial charge in [0.2, 0.25) is 11.3 Å². The Hall–Kier alpha value is -3.44. The van der Waals surface area contributed by atoms with Crippen LogP contribution in [0.25, 0.3) is 0 Å². The molecule has 1 saturated heterocycles. The number of nitrogens with one attached hydrogen (secondary N) is 1. The third-order valence-corrected chi connectivity index (χ3v) is 8.78. The molecule has 2 aliphatic rings. The van der Waals surface area contributed by atoms with Gasteiger partial charge in [0.1, 0.15) is 11.4 Å². The van der Waals surface area contributed by atoms with Crippen LogP contribution < -0.4 is 5.32 Å². The molecule has 3 atom stereocenters. The van der Waals surface area contributed by atoms with Crippen molar-refractivity contribution in [3.8, 4) is 0 Å². The zero-order valence-corrected chi connectivity index (χ0v) is 21.2. The van der Waals surface area contributed by atoms with E-state index in [-0.39, 0.29) is 29.4 Å². The van der Waals surface area contributed by atoms with Crippen LogP contribution in [0.2, 0.25) is 0 Å². The van der Waals surface area contributed by atoms with Crippen molar-refractivity contribution >= 4 is 40.3 Å². The largest absolute Gasteiger partial charge is 0.614 e. The van der Waals surface area contributed by atoms with Crippen molar-refractivity contribution in [1.29, 1.82) is 0 Å². The van der Waals surface area contributed by atoms with Gasteiger partial charge in [-0.3, -0.25) is 14.5 Å². The lowest BCUT2D eigenvalue weighted by Crippen LogP contribution is -2.75. The molecule has 190 valence electrons. The maximum atomic E-state index is 13.5. The molecular formula is C27H24N2O6S2. The van der Waals surface area contributed by atoms with Crippen molar-refractivity contribution in [2.75, 3.05) is 12.4 Å². The molecule has 0 radical (unpaired) electrons. The average molecular weight is 537 g/mol. The van der Waals surface area contributed by atoms with E-state index in [1.165, 1.54) is 11.3 Å². The molecule has 8 nitrogen and oxygen atoms in total. The molecule has 1 aromatic heterocycles. The average Bonchev–Trinajstić information content (AvgIpc) is 3.43. The molecule has 0 saturated carbocycles. The molecule has 3 aromatic rings. The second kappa shape index (κ2) is 10.9. The minimum absolute atomic E-state index is 0.100. The van der Waals surface area contributed by atoms with Crippen LogP contribution in [0, 0.1) is 0 Å². The lowest BCUT2D eigenvalue weighted by Gasteiger charge is -2.49. The lowest BCUT2D eigenvalue weighted by molar-refractivity contribution is -0.155. The molecule has 10 heteroatoms. The molecule has 3 heterocycles. The number of rotatable bonds is 8. The van der Waals surface area contributed by atoms with Crippen molar-refractivity contribution in [3.63, 3.8) is 0 Å². The third kappa shape index (κ3) is 5.05. The van der Waals surface area contributed by atoms with Gasteiger partial charge >= 0.3 is 5.97 Å². The second-order valence-electron chi connectivity index (χ2n) is 8.64. The van der Waals surface area contributed by atoms with Crippen molar-refractivity contribution in [2.45, 2.75) is 23.9 Å². The van der Waals surface area contributed by atoms with Crippen LogP contribution >= 0.6 is 11.3 Å². The number of hydrogen-bond acceptors (Lipinski definition) is 7. The van der Waals surface area contributed by atoms with Crippen LogP contribution in [0.15, 0.2) is 89.4 Å². The summed E-state index contributed by atoms with van der Waals surface area (Å²) in [6.45, 7) is -0.552. The molecule has 2 unspecified atom stereocenters. The summed E-state index contributed by atoms with van der Waals surface area (Å²) in [5.41, 5.74) is 1.52. The highest BCUT2D eigenvalue weighted by Crippen LogP contribution is 2.38. The molecule has 37 heavy (non-hydrogen) atoms. The van der Waals surface area contributed by atoms with E-state index in [2.05, 4.69) is 5.32 Å². The van der Waals surface area contributed by atoms with E-state index in [0.29, 0.717) is 0 Å². The zero-order chi connectivity index (χ0) is 25.9. The number of carbonyl (C=O) groups is 3. The second-order valence-corrected chi connectivity index (χ2v) is 11.2. The SMILES string of the molecule is O=C(Cc1cccs1)NC1C(=O)N2C(C(=O)OC(c3ccccc3)c3ccccc3)=C(CO)C[S+]([O-])[C@@H]12.